The summed E-state index contributed by atoms with van der Waals surface area (Å²) in [7, 11) is 0. The Bertz CT molecular complexity index is 480. The Balaban J connectivity index is 2.33. The van der Waals surface area contributed by atoms with Crippen molar-refractivity contribution in [2.45, 2.75) is 31.9 Å². The number of hydrogen-bond acceptors (Lipinski definition) is 3. The molecule has 3 N–H and O–H groups in total. The quantitative estimate of drug-likeness (QED) is 0.838. The second-order valence-corrected chi connectivity index (χ2v) is 5.74. The third kappa shape index (κ3) is 2.60. The zero-order valence-corrected chi connectivity index (χ0v) is 12.1. The standard InChI is InChI=1S/C13H17ClN2OS/c1-8-13(2,5-6-17-8)16-11-7-9(14)3-4-10(11)12(15)18/h3-4,7-8,16H,5-6H2,1-2H3,(H2,15,18). The minimum Gasteiger partial charge on any atom is -0.389 e. The molecule has 2 rings (SSSR count). The lowest BCUT2D eigenvalue weighted by atomic mass is 9.93. The number of rotatable bonds is 3. The molecule has 1 aliphatic heterocycles. The molecule has 0 amide bonds. The van der Waals surface area contributed by atoms with Crippen LogP contribution in [0.15, 0.2) is 18.2 Å². The molecule has 3 nitrogen and oxygen atoms in total. The smallest absolute Gasteiger partial charge is 0.106 e. The number of anilines is 1. The lowest BCUT2D eigenvalue weighted by Gasteiger charge is -2.31. The Morgan fingerprint density at radius 1 is 1.61 bits per heavy atom. The van der Waals surface area contributed by atoms with Gasteiger partial charge in [0.05, 0.1) is 11.6 Å². The second-order valence-electron chi connectivity index (χ2n) is 4.86. The van der Waals surface area contributed by atoms with Gasteiger partial charge in [-0.2, -0.15) is 0 Å². The maximum atomic E-state index is 6.03. The van der Waals surface area contributed by atoms with Crippen molar-refractivity contribution in [3.63, 3.8) is 0 Å². The summed E-state index contributed by atoms with van der Waals surface area (Å²) < 4.78 is 5.61. The Labute approximate surface area is 118 Å². The highest BCUT2D eigenvalue weighted by Crippen LogP contribution is 2.32. The van der Waals surface area contributed by atoms with Gasteiger partial charge in [-0.1, -0.05) is 23.8 Å². The SMILES string of the molecule is CC1OCCC1(C)Nc1cc(Cl)ccc1C(N)=S. The van der Waals surface area contributed by atoms with Crippen molar-refractivity contribution in [3.05, 3.63) is 28.8 Å². The molecule has 18 heavy (non-hydrogen) atoms. The van der Waals surface area contributed by atoms with Gasteiger partial charge >= 0.3 is 0 Å². The fraction of sp³-hybridized carbons (Fsp3) is 0.462. The fourth-order valence-electron chi connectivity index (χ4n) is 2.14. The molecule has 1 aromatic carbocycles. The Kier molecular flexibility index (Phi) is 3.80. The summed E-state index contributed by atoms with van der Waals surface area (Å²) in [6.07, 6.45) is 1.08. The highest BCUT2D eigenvalue weighted by atomic mass is 35.5. The molecule has 1 heterocycles. The molecule has 98 valence electrons. The average molecular weight is 285 g/mol. The normalized spacial score (nSPS) is 27.2. The summed E-state index contributed by atoms with van der Waals surface area (Å²) in [5, 5.41) is 4.14. The van der Waals surface area contributed by atoms with Gasteiger partial charge in [0.2, 0.25) is 0 Å². The van der Waals surface area contributed by atoms with E-state index in [4.69, 9.17) is 34.3 Å². The van der Waals surface area contributed by atoms with Crippen LogP contribution in [-0.4, -0.2) is 23.2 Å². The molecule has 0 bridgehead atoms. The van der Waals surface area contributed by atoms with Crippen LogP contribution >= 0.6 is 23.8 Å². The van der Waals surface area contributed by atoms with Crippen LogP contribution in [0.3, 0.4) is 0 Å². The average Bonchev–Trinajstić information content (AvgIpc) is 2.58. The summed E-state index contributed by atoms with van der Waals surface area (Å²) in [4.78, 5) is 0.365. The highest BCUT2D eigenvalue weighted by molar-refractivity contribution is 7.80. The first-order valence-corrected chi connectivity index (χ1v) is 6.70. The molecule has 5 heteroatoms. The molecule has 1 saturated heterocycles. The topological polar surface area (TPSA) is 47.3 Å². The molecule has 2 atom stereocenters. The summed E-state index contributed by atoms with van der Waals surface area (Å²) in [5.74, 6) is 0. The molecular formula is C13H17ClN2OS. The molecule has 2 unspecified atom stereocenters. The van der Waals surface area contributed by atoms with Gasteiger partial charge in [-0.15, -0.1) is 0 Å². The van der Waals surface area contributed by atoms with E-state index in [2.05, 4.69) is 19.2 Å². The van der Waals surface area contributed by atoms with E-state index in [1.807, 2.05) is 12.1 Å². The molecule has 0 saturated carbocycles. The van der Waals surface area contributed by atoms with Gasteiger partial charge in [0.1, 0.15) is 4.99 Å². The number of halogens is 1. The number of benzene rings is 1. The maximum absolute atomic E-state index is 6.03. The van der Waals surface area contributed by atoms with Crippen LogP contribution in [0.1, 0.15) is 25.8 Å². The van der Waals surface area contributed by atoms with E-state index in [0.29, 0.717) is 10.0 Å². The van der Waals surface area contributed by atoms with Crippen LogP contribution in [0.5, 0.6) is 0 Å². The molecule has 1 aromatic rings. The van der Waals surface area contributed by atoms with E-state index in [1.165, 1.54) is 0 Å². The maximum Gasteiger partial charge on any atom is 0.106 e. The third-order valence-corrected chi connectivity index (χ3v) is 4.01. The van der Waals surface area contributed by atoms with Crippen molar-refractivity contribution in [3.8, 4) is 0 Å². The van der Waals surface area contributed by atoms with E-state index in [0.717, 1.165) is 24.3 Å². The van der Waals surface area contributed by atoms with Crippen molar-refractivity contribution in [2.75, 3.05) is 11.9 Å². The Hall–Kier alpha value is -0.840. The van der Waals surface area contributed by atoms with E-state index in [9.17, 15) is 0 Å². The van der Waals surface area contributed by atoms with Crippen LogP contribution in [0.2, 0.25) is 5.02 Å². The zero-order chi connectivity index (χ0) is 13.3. The number of ether oxygens (including phenoxy) is 1. The molecular weight excluding hydrogens is 268 g/mol. The molecule has 0 spiro atoms. The first-order chi connectivity index (χ1) is 8.42. The minimum atomic E-state index is -0.121. The number of thiocarbonyl (C=S) groups is 1. The van der Waals surface area contributed by atoms with Crippen LogP contribution in [0.25, 0.3) is 0 Å². The molecule has 1 fully saturated rings. The van der Waals surface area contributed by atoms with Crippen LogP contribution in [0, 0.1) is 0 Å². The summed E-state index contributed by atoms with van der Waals surface area (Å²) in [6, 6.07) is 5.49. The number of hydrogen-bond donors (Lipinski definition) is 2. The predicted octanol–water partition coefficient (Wildman–Crippen LogP) is 2.95. The summed E-state index contributed by atoms with van der Waals surface area (Å²) in [6.45, 7) is 4.95. The van der Waals surface area contributed by atoms with Gasteiger partial charge in [-0.05, 0) is 38.5 Å². The van der Waals surface area contributed by atoms with Gasteiger partial charge in [0, 0.05) is 22.9 Å². The minimum absolute atomic E-state index is 0.121. The monoisotopic (exact) mass is 284 g/mol. The summed E-state index contributed by atoms with van der Waals surface area (Å²) in [5.41, 5.74) is 7.30. The van der Waals surface area contributed by atoms with Crippen molar-refractivity contribution < 1.29 is 4.74 Å². The van der Waals surface area contributed by atoms with Crippen LogP contribution < -0.4 is 11.1 Å². The van der Waals surface area contributed by atoms with Crippen molar-refractivity contribution in [2.24, 2.45) is 5.73 Å². The number of nitrogens with two attached hydrogens (primary N) is 1. The Morgan fingerprint density at radius 3 is 2.89 bits per heavy atom. The molecule has 1 aliphatic rings. The van der Waals surface area contributed by atoms with E-state index in [-0.39, 0.29) is 11.6 Å². The van der Waals surface area contributed by atoms with Crippen molar-refractivity contribution >= 4 is 34.5 Å². The number of nitrogens with one attached hydrogen (secondary N) is 1. The van der Waals surface area contributed by atoms with E-state index < -0.39 is 0 Å². The molecule has 0 radical (unpaired) electrons. The zero-order valence-electron chi connectivity index (χ0n) is 10.5. The first kappa shape index (κ1) is 13.6. The molecule has 0 aliphatic carbocycles. The van der Waals surface area contributed by atoms with Crippen LogP contribution in [0.4, 0.5) is 5.69 Å². The lowest BCUT2D eigenvalue weighted by Crippen LogP contribution is -2.41. The van der Waals surface area contributed by atoms with Crippen LogP contribution in [-0.2, 0) is 4.74 Å². The largest absolute Gasteiger partial charge is 0.389 e. The van der Waals surface area contributed by atoms with Gasteiger partial charge in [-0.25, -0.2) is 0 Å². The predicted molar refractivity (Wildman–Crippen MR) is 79.4 cm³/mol. The van der Waals surface area contributed by atoms with Gasteiger partial charge in [-0.3, -0.25) is 0 Å². The summed E-state index contributed by atoms with van der Waals surface area (Å²) >= 11 is 11.1. The van der Waals surface area contributed by atoms with E-state index in [1.54, 1.807) is 6.07 Å². The van der Waals surface area contributed by atoms with Crippen molar-refractivity contribution in [1.82, 2.24) is 0 Å². The van der Waals surface area contributed by atoms with E-state index >= 15 is 0 Å². The highest BCUT2D eigenvalue weighted by Gasteiger charge is 2.37. The third-order valence-electron chi connectivity index (χ3n) is 3.55. The Morgan fingerprint density at radius 2 is 2.33 bits per heavy atom. The second kappa shape index (κ2) is 5.03. The lowest BCUT2D eigenvalue weighted by molar-refractivity contribution is 0.105. The van der Waals surface area contributed by atoms with Crippen molar-refractivity contribution in [1.29, 1.82) is 0 Å². The van der Waals surface area contributed by atoms with Gasteiger partial charge < -0.3 is 15.8 Å². The van der Waals surface area contributed by atoms with Gasteiger partial charge in [0.15, 0.2) is 0 Å². The fourth-order valence-corrected chi connectivity index (χ4v) is 2.49. The molecule has 0 aromatic heterocycles. The van der Waals surface area contributed by atoms with Gasteiger partial charge in [0.25, 0.3) is 0 Å². The first-order valence-electron chi connectivity index (χ1n) is 5.91.